The fourth-order valence-corrected chi connectivity index (χ4v) is 2.69. The molecule has 1 amide bonds. The molecule has 0 saturated carbocycles. The van der Waals surface area contributed by atoms with E-state index in [4.69, 9.17) is 29.0 Å². The first kappa shape index (κ1) is 16.9. The lowest BCUT2D eigenvalue weighted by molar-refractivity contribution is -0.113. The van der Waals surface area contributed by atoms with Crippen LogP contribution in [-0.4, -0.2) is 26.5 Å². The molecule has 0 unspecified atom stereocenters. The van der Waals surface area contributed by atoms with E-state index in [-0.39, 0.29) is 17.6 Å². The molecule has 2 aromatic rings. The van der Waals surface area contributed by atoms with Crippen LogP contribution in [0, 0.1) is 0 Å². The van der Waals surface area contributed by atoms with Gasteiger partial charge >= 0.3 is 0 Å². The largest absolute Gasteiger partial charge is 0.336 e. The first-order valence-corrected chi connectivity index (χ1v) is 8.20. The predicted octanol–water partition coefficient (Wildman–Crippen LogP) is 3.15. The minimum atomic E-state index is -0.233. The highest BCUT2D eigenvalue weighted by Gasteiger charge is 2.15. The van der Waals surface area contributed by atoms with Crippen molar-refractivity contribution in [1.82, 2.24) is 14.9 Å². The van der Waals surface area contributed by atoms with E-state index in [1.807, 2.05) is 13.8 Å². The van der Waals surface area contributed by atoms with Crippen molar-refractivity contribution in [2.24, 2.45) is 0 Å². The standard InChI is InChI=1S/C13H15Cl2N5OS/c1-7(2)12-18-19-13(20(12)16)22-6-11(21)17-10-5-8(14)3-4-9(10)15/h3-5,7H,6,16H2,1-2H3,(H,17,21). The molecule has 0 bridgehead atoms. The van der Waals surface area contributed by atoms with E-state index in [9.17, 15) is 4.79 Å². The third kappa shape index (κ3) is 4.06. The van der Waals surface area contributed by atoms with Gasteiger partial charge in [-0.2, -0.15) is 0 Å². The lowest BCUT2D eigenvalue weighted by atomic mass is 10.2. The number of nitrogens with one attached hydrogen (secondary N) is 1. The number of carbonyl (C=O) groups is 1. The Balaban J connectivity index is 1.97. The van der Waals surface area contributed by atoms with Gasteiger partial charge < -0.3 is 11.2 Å². The van der Waals surface area contributed by atoms with Crippen molar-refractivity contribution >= 4 is 46.6 Å². The monoisotopic (exact) mass is 359 g/mol. The van der Waals surface area contributed by atoms with E-state index < -0.39 is 0 Å². The molecule has 3 N–H and O–H groups in total. The number of rotatable bonds is 5. The van der Waals surface area contributed by atoms with Gasteiger partial charge in [-0.3, -0.25) is 4.79 Å². The smallest absolute Gasteiger partial charge is 0.234 e. The van der Waals surface area contributed by atoms with Gasteiger partial charge in [0.25, 0.3) is 0 Å². The van der Waals surface area contributed by atoms with Crippen molar-refractivity contribution < 1.29 is 4.79 Å². The van der Waals surface area contributed by atoms with Crippen LogP contribution in [-0.2, 0) is 4.79 Å². The molecule has 0 saturated heterocycles. The quantitative estimate of drug-likeness (QED) is 0.632. The highest BCUT2D eigenvalue weighted by molar-refractivity contribution is 7.99. The Morgan fingerprint density at radius 1 is 1.41 bits per heavy atom. The summed E-state index contributed by atoms with van der Waals surface area (Å²) in [7, 11) is 0. The van der Waals surface area contributed by atoms with Crippen molar-refractivity contribution in [3.63, 3.8) is 0 Å². The highest BCUT2D eigenvalue weighted by atomic mass is 35.5. The maximum atomic E-state index is 12.0. The molecular formula is C13H15Cl2N5OS. The molecule has 22 heavy (non-hydrogen) atoms. The number of hydrogen-bond donors (Lipinski definition) is 2. The first-order chi connectivity index (χ1) is 10.4. The Hall–Kier alpha value is -1.44. The summed E-state index contributed by atoms with van der Waals surface area (Å²) in [6, 6.07) is 4.87. The molecule has 0 atom stereocenters. The van der Waals surface area contributed by atoms with Crippen LogP contribution < -0.4 is 11.2 Å². The van der Waals surface area contributed by atoms with Gasteiger partial charge in [-0.1, -0.05) is 48.8 Å². The number of aromatic nitrogens is 3. The number of halogens is 2. The molecule has 6 nitrogen and oxygen atoms in total. The van der Waals surface area contributed by atoms with Crippen LogP contribution in [0.5, 0.6) is 0 Å². The number of benzene rings is 1. The maximum absolute atomic E-state index is 12.0. The van der Waals surface area contributed by atoms with Crippen molar-refractivity contribution in [2.75, 3.05) is 16.9 Å². The predicted molar refractivity (Wildman–Crippen MR) is 90.1 cm³/mol. The number of nitrogen functional groups attached to an aromatic ring is 1. The van der Waals surface area contributed by atoms with Gasteiger partial charge in [0.2, 0.25) is 11.1 Å². The number of anilines is 1. The van der Waals surface area contributed by atoms with Crippen LogP contribution >= 0.6 is 35.0 Å². The second-order valence-corrected chi connectivity index (χ2v) is 6.61. The normalized spacial score (nSPS) is 11.0. The molecule has 0 radical (unpaired) electrons. The van der Waals surface area contributed by atoms with Crippen LogP contribution in [0.1, 0.15) is 25.6 Å². The van der Waals surface area contributed by atoms with Gasteiger partial charge in [-0.25, -0.2) is 4.68 Å². The van der Waals surface area contributed by atoms with Crippen LogP contribution in [0.3, 0.4) is 0 Å². The molecule has 1 aromatic carbocycles. The highest BCUT2D eigenvalue weighted by Crippen LogP contribution is 2.26. The average Bonchev–Trinajstić information content (AvgIpc) is 2.82. The van der Waals surface area contributed by atoms with Crippen molar-refractivity contribution in [3.05, 3.63) is 34.1 Å². The summed E-state index contributed by atoms with van der Waals surface area (Å²) in [4.78, 5) is 12.0. The maximum Gasteiger partial charge on any atom is 0.234 e. The Morgan fingerprint density at radius 2 is 2.14 bits per heavy atom. The van der Waals surface area contributed by atoms with E-state index in [2.05, 4.69) is 15.5 Å². The Kier molecular flexibility index (Phi) is 5.55. The van der Waals surface area contributed by atoms with Gasteiger partial charge in [-0.05, 0) is 18.2 Å². The van der Waals surface area contributed by atoms with Crippen molar-refractivity contribution in [3.8, 4) is 0 Å². The van der Waals surface area contributed by atoms with E-state index in [1.54, 1.807) is 18.2 Å². The summed E-state index contributed by atoms with van der Waals surface area (Å²) in [6.07, 6.45) is 0. The zero-order valence-corrected chi connectivity index (χ0v) is 14.3. The lowest BCUT2D eigenvalue weighted by Crippen LogP contribution is -2.17. The minimum absolute atomic E-state index is 0.135. The molecule has 0 spiro atoms. The minimum Gasteiger partial charge on any atom is -0.336 e. The number of carbonyl (C=O) groups excluding carboxylic acids is 1. The molecule has 9 heteroatoms. The van der Waals surface area contributed by atoms with Gasteiger partial charge in [0.1, 0.15) is 0 Å². The summed E-state index contributed by atoms with van der Waals surface area (Å²) in [5, 5.41) is 12.1. The summed E-state index contributed by atoms with van der Waals surface area (Å²) >= 11 is 13.1. The van der Waals surface area contributed by atoms with Gasteiger partial charge in [-0.15, -0.1) is 10.2 Å². The number of nitrogens with zero attached hydrogens (tertiary/aromatic N) is 3. The molecule has 0 aliphatic heterocycles. The fourth-order valence-electron chi connectivity index (χ4n) is 1.69. The fraction of sp³-hybridized carbons (Fsp3) is 0.308. The number of hydrogen-bond acceptors (Lipinski definition) is 5. The molecule has 0 fully saturated rings. The molecule has 1 heterocycles. The Morgan fingerprint density at radius 3 is 2.77 bits per heavy atom. The average molecular weight is 360 g/mol. The van der Waals surface area contributed by atoms with E-state index in [1.165, 1.54) is 16.4 Å². The third-order valence-corrected chi connectivity index (χ3v) is 4.25. The Bertz CT molecular complexity index is 689. The van der Waals surface area contributed by atoms with Crippen LogP contribution in [0.4, 0.5) is 5.69 Å². The van der Waals surface area contributed by atoms with Gasteiger partial charge in [0, 0.05) is 10.9 Å². The number of nitrogens with two attached hydrogens (primary N) is 1. The summed E-state index contributed by atoms with van der Waals surface area (Å²) in [5.41, 5.74) is 0.469. The summed E-state index contributed by atoms with van der Waals surface area (Å²) in [6.45, 7) is 3.94. The molecule has 118 valence electrons. The van der Waals surface area contributed by atoms with E-state index in [0.717, 1.165) is 0 Å². The second kappa shape index (κ2) is 7.21. The van der Waals surface area contributed by atoms with E-state index in [0.29, 0.717) is 26.7 Å². The lowest BCUT2D eigenvalue weighted by Gasteiger charge is -2.08. The molecule has 2 rings (SSSR count). The number of thioether (sulfide) groups is 1. The van der Waals surface area contributed by atoms with Crippen LogP contribution in [0.25, 0.3) is 0 Å². The van der Waals surface area contributed by atoms with Crippen molar-refractivity contribution in [1.29, 1.82) is 0 Å². The molecular weight excluding hydrogens is 345 g/mol. The molecule has 0 aliphatic rings. The van der Waals surface area contributed by atoms with Gasteiger partial charge in [0.05, 0.1) is 16.5 Å². The number of amides is 1. The topological polar surface area (TPSA) is 85.8 Å². The van der Waals surface area contributed by atoms with Gasteiger partial charge in [0.15, 0.2) is 5.82 Å². The van der Waals surface area contributed by atoms with Crippen LogP contribution in [0.2, 0.25) is 10.0 Å². The molecule has 1 aromatic heterocycles. The third-order valence-electron chi connectivity index (χ3n) is 2.74. The first-order valence-electron chi connectivity index (χ1n) is 6.46. The summed E-state index contributed by atoms with van der Waals surface area (Å²) < 4.78 is 1.40. The SMILES string of the molecule is CC(C)c1nnc(SCC(=O)Nc2cc(Cl)ccc2Cl)n1N. The zero-order valence-electron chi connectivity index (χ0n) is 12.0. The van der Waals surface area contributed by atoms with Crippen LogP contribution in [0.15, 0.2) is 23.4 Å². The zero-order chi connectivity index (χ0) is 16.3. The van der Waals surface area contributed by atoms with Crippen molar-refractivity contribution in [2.45, 2.75) is 24.9 Å². The van der Waals surface area contributed by atoms with E-state index >= 15 is 0 Å². The molecule has 0 aliphatic carbocycles. The summed E-state index contributed by atoms with van der Waals surface area (Å²) in [5.74, 6) is 6.62. The Labute approximate surface area is 142 Å². The second-order valence-electron chi connectivity index (χ2n) is 4.83.